The first kappa shape index (κ1) is 22.0. The second-order valence-corrected chi connectivity index (χ2v) is 8.72. The van der Waals surface area contributed by atoms with E-state index in [4.69, 9.17) is 9.84 Å². The van der Waals surface area contributed by atoms with Crippen LogP contribution in [0.15, 0.2) is 72.8 Å². The lowest BCUT2D eigenvalue weighted by atomic mass is 10.1. The third kappa shape index (κ3) is 4.75. The van der Waals surface area contributed by atoms with Crippen LogP contribution in [0.1, 0.15) is 15.9 Å². The fourth-order valence-corrected chi connectivity index (χ4v) is 4.21. The molecule has 1 amide bonds. The third-order valence-electron chi connectivity index (χ3n) is 6.26. The van der Waals surface area contributed by atoms with Gasteiger partial charge in [0.05, 0.1) is 5.52 Å². The molecule has 0 saturated carbocycles. The molecule has 1 N–H and O–H groups in total. The van der Waals surface area contributed by atoms with Crippen LogP contribution < -0.4 is 15.0 Å². The van der Waals surface area contributed by atoms with Gasteiger partial charge in [-0.05, 0) is 55.1 Å². The highest BCUT2D eigenvalue weighted by molar-refractivity contribution is 6.07. The lowest BCUT2D eigenvalue weighted by Gasteiger charge is -2.32. The van der Waals surface area contributed by atoms with E-state index in [1.54, 1.807) is 0 Å². The molecule has 2 heterocycles. The number of fused-ring (bicyclic) bond motifs is 1. The van der Waals surface area contributed by atoms with E-state index in [0.29, 0.717) is 12.2 Å². The lowest BCUT2D eigenvalue weighted by molar-refractivity contribution is 0.102. The molecular weight excluding hydrogens is 426 g/mol. The van der Waals surface area contributed by atoms with Crippen molar-refractivity contribution in [3.63, 3.8) is 0 Å². The van der Waals surface area contributed by atoms with Crippen LogP contribution in [0.5, 0.6) is 5.75 Å². The van der Waals surface area contributed by atoms with Crippen LogP contribution in [-0.4, -0.2) is 53.8 Å². The Balaban J connectivity index is 1.26. The first-order chi connectivity index (χ1) is 16.6. The van der Waals surface area contributed by atoms with Gasteiger partial charge in [0.1, 0.15) is 12.4 Å². The van der Waals surface area contributed by atoms with Crippen LogP contribution in [0.3, 0.4) is 0 Å². The Morgan fingerprint density at radius 1 is 0.941 bits per heavy atom. The zero-order valence-electron chi connectivity index (χ0n) is 19.6. The van der Waals surface area contributed by atoms with E-state index in [9.17, 15) is 4.79 Å². The van der Waals surface area contributed by atoms with E-state index in [1.165, 1.54) is 0 Å². The number of nitrogens with one attached hydrogen (secondary N) is 1. The van der Waals surface area contributed by atoms with Gasteiger partial charge in [0.2, 0.25) is 0 Å². The molecule has 0 aliphatic carbocycles. The number of benzene rings is 3. The van der Waals surface area contributed by atoms with Crippen LogP contribution in [0.4, 0.5) is 11.5 Å². The van der Waals surface area contributed by atoms with Gasteiger partial charge in [-0.25, -0.2) is 0 Å². The van der Waals surface area contributed by atoms with E-state index in [0.717, 1.165) is 59.9 Å². The van der Waals surface area contributed by atoms with Crippen molar-refractivity contribution in [3.05, 3.63) is 83.9 Å². The Hall–Kier alpha value is -3.84. The normalized spacial score (nSPS) is 14.4. The van der Waals surface area contributed by atoms with Gasteiger partial charge in [-0.1, -0.05) is 30.3 Å². The van der Waals surface area contributed by atoms with Crippen molar-refractivity contribution in [3.8, 4) is 5.75 Å². The average molecular weight is 456 g/mol. The van der Waals surface area contributed by atoms with Gasteiger partial charge in [-0.15, -0.1) is 0 Å². The molecule has 0 bridgehead atoms. The predicted octanol–water partition coefficient (Wildman–Crippen LogP) is 4.16. The minimum Gasteiger partial charge on any atom is -0.489 e. The van der Waals surface area contributed by atoms with Crippen LogP contribution in [0, 0.1) is 0 Å². The Bertz CT molecular complexity index is 1280. The molecule has 0 radical (unpaired) electrons. The largest absolute Gasteiger partial charge is 0.489 e. The second kappa shape index (κ2) is 9.57. The maximum absolute atomic E-state index is 12.9. The number of carbonyl (C=O) groups is 1. The van der Waals surface area contributed by atoms with E-state index in [-0.39, 0.29) is 5.91 Å². The van der Waals surface area contributed by atoms with Crippen LogP contribution in [0.2, 0.25) is 0 Å². The molecule has 34 heavy (non-hydrogen) atoms. The number of nitrogens with zero attached hydrogens (tertiary/aromatic N) is 4. The van der Waals surface area contributed by atoms with Gasteiger partial charge in [-0.2, -0.15) is 5.10 Å². The Morgan fingerprint density at radius 2 is 1.68 bits per heavy atom. The number of rotatable bonds is 6. The summed E-state index contributed by atoms with van der Waals surface area (Å²) in [6.07, 6.45) is 0. The van der Waals surface area contributed by atoms with Crippen LogP contribution in [0.25, 0.3) is 10.9 Å². The van der Waals surface area contributed by atoms with E-state index in [2.05, 4.69) is 22.2 Å². The Morgan fingerprint density at radius 3 is 2.41 bits per heavy atom. The first-order valence-electron chi connectivity index (χ1n) is 11.6. The summed E-state index contributed by atoms with van der Waals surface area (Å²) < 4.78 is 7.69. The molecule has 1 aromatic heterocycles. The molecule has 4 aromatic rings. The van der Waals surface area contributed by atoms with Gasteiger partial charge in [-0.3, -0.25) is 9.48 Å². The fraction of sp³-hybridized carbons (Fsp3) is 0.259. The maximum atomic E-state index is 12.9. The van der Waals surface area contributed by atoms with Crippen molar-refractivity contribution < 1.29 is 9.53 Å². The van der Waals surface area contributed by atoms with Gasteiger partial charge >= 0.3 is 0 Å². The number of hydrogen-bond acceptors (Lipinski definition) is 5. The molecule has 3 aromatic carbocycles. The number of anilines is 2. The number of likely N-dealkylation sites (N-methyl/N-ethyl adjacent to an activating group) is 1. The summed E-state index contributed by atoms with van der Waals surface area (Å²) >= 11 is 0. The average Bonchev–Trinajstić information content (AvgIpc) is 3.20. The molecule has 0 atom stereocenters. The summed E-state index contributed by atoms with van der Waals surface area (Å²) in [4.78, 5) is 17.6. The Labute approximate surface area is 199 Å². The van der Waals surface area contributed by atoms with Crippen molar-refractivity contribution in [2.45, 2.75) is 6.61 Å². The molecule has 1 fully saturated rings. The fourth-order valence-electron chi connectivity index (χ4n) is 4.21. The standard InChI is InChI=1S/C27H29N5O2/c1-30-14-16-32(17-15-30)26-24-13-8-21(18-25(24)31(2)29-26)27(33)28-22-9-11-23(12-10-22)34-19-20-6-4-3-5-7-20/h3-13,18H,14-17,19H2,1-2H3,(H,28,33). The van der Waals surface area contributed by atoms with Crippen molar-refractivity contribution >= 4 is 28.3 Å². The zero-order valence-corrected chi connectivity index (χ0v) is 19.6. The van der Waals surface area contributed by atoms with Crippen molar-refractivity contribution in [2.75, 3.05) is 43.4 Å². The van der Waals surface area contributed by atoms with Crippen LogP contribution in [-0.2, 0) is 13.7 Å². The maximum Gasteiger partial charge on any atom is 0.255 e. The highest BCUT2D eigenvalue weighted by atomic mass is 16.5. The van der Waals surface area contributed by atoms with Gasteiger partial charge < -0.3 is 19.9 Å². The second-order valence-electron chi connectivity index (χ2n) is 8.72. The molecule has 7 nitrogen and oxygen atoms in total. The third-order valence-corrected chi connectivity index (χ3v) is 6.26. The molecular formula is C27H29N5O2. The van der Waals surface area contributed by atoms with Crippen LogP contribution >= 0.6 is 0 Å². The number of carbonyl (C=O) groups excluding carboxylic acids is 1. The minimum absolute atomic E-state index is 0.151. The van der Waals surface area contributed by atoms with E-state index < -0.39 is 0 Å². The summed E-state index contributed by atoms with van der Waals surface area (Å²) in [7, 11) is 4.07. The Kier molecular flexibility index (Phi) is 6.18. The molecule has 7 heteroatoms. The number of hydrogen-bond donors (Lipinski definition) is 1. The molecule has 1 saturated heterocycles. The minimum atomic E-state index is -0.151. The van der Waals surface area contributed by atoms with Gasteiger partial charge in [0, 0.05) is 49.9 Å². The SMILES string of the molecule is CN1CCN(c2nn(C)c3cc(C(=O)Nc4ccc(OCc5ccccc5)cc4)ccc23)CC1. The summed E-state index contributed by atoms with van der Waals surface area (Å²) in [5, 5.41) is 8.80. The molecule has 0 unspecified atom stereocenters. The smallest absolute Gasteiger partial charge is 0.255 e. The number of aromatic nitrogens is 2. The molecule has 5 rings (SSSR count). The summed E-state index contributed by atoms with van der Waals surface area (Å²) in [5.41, 5.74) is 3.39. The molecule has 0 spiro atoms. The van der Waals surface area contributed by atoms with Crippen molar-refractivity contribution in [1.29, 1.82) is 0 Å². The molecule has 1 aliphatic rings. The first-order valence-corrected chi connectivity index (χ1v) is 11.6. The van der Waals surface area contributed by atoms with Crippen molar-refractivity contribution in [2.24, 2.45) is 7.05 Å². The van der Waals surface area contributed by atoms with Crippen molar-refractivity contribution in [1.82, 2.24) is 14.7 Å². The summed E-state index contributed by atoms with van der Waals surface area (Å²) in [6, 6.07) is 23.3. The highest BCUT2D eigenvalue weighted by Crippen LogP contribution is 2.28. The van der Waals surface area contributed by atoms with E-state index >= 15 is 0 Å². The topological polar surface area (TPSA) is 62.6 Å². The number of piperazine rings is 1. The van der Waals surface area contributed by atoms with Gasteiger partial charge in [0.25, 0.3) is 5.91 Å². The number of aryl methyl sites for hydroxylation is 1. The highest BCUT2D eigenvalue weighted by Gasteiger charge is 2.20. The zero-order chi connectivity index (χ0) is 23.5. The quantitative estimate of drug-likeness (QED) is 0.473. The lowest BCUT2D eigenvalue weighted by Crippen LogP contribution is -2.44. The van der Waals surface area contributed by atoms with E-state index in [1.807, 2.05) is 84.5 Å². The number of ether oxygens (including phenoxy) is 1. The predicted molar refractivity (Wildman–Crippen MR) is 136 cm³/mol. The summed E-state index contributed by atoms with van der Waals surface area (Å²) in [5.74, 6) is 1.60. The molecule has 174 valence electrons. The number of amides is 1. The molecule has 1 aliphatic heterocycles. The monoisotopic (exact) mass is 455 g/mol. The van der Waals surface area contributed by atoms with Gasteiger partial charge in [0.15, 0.2) is 5.82 Å². The summed E-state index contributed by atoms with van der Waals surface area (Å²) in [6.45, 7) is 4.46.